The van der Waals surface area contributed by atoms with E-state index in [9.17, 15) is 53.5 Å². The van der Waals surface area contributed by atoms with E-state index in [4.69, 9.17) is 9.47 Å². The van der Waals surface area contributed by atoms with E-state index >= 15 is 0 Å². The van der Waals surface area contributed by atoms with Crippen LogP contribution < -0.4 is 10.6 Å². The molecule has 2 N–H and O–H groups in total. The maximum Gasteiger partial charge on any atom is 0.392 e. The normalized spacial score (nSPS) is 19.5. The quantitative estimate of drug-likeness (QED) is 0.345. The second-order valence-electron chi connectivity index (χ2n) is 8.29. The highest BCUT2D eigenvalue weighted by Gasteiger charge is 2.88. The molecule has 216 valence electrons. The van der Waals surface area contributed by atoms with E-state index < -0.39 is 54.5 Å². The maximum atomic E-state index is 14.1. The van der Waals surface area contributed by atoms with Crippen molar-refractivity contribution >= 4 is 11.8 Å². The summed E-state index contributed by atoms with van der Waals surface area (Å²) in [5, 5.41) is 2.42. The molecular formula is C19H26F10N4O4. The summed E-state index contributed by atoms with van der Waals surface area (Å²) in [4.78, 5) is 26.2. The number of morpholine rings is 2. The molecule has 18 heteroatoms. The number of hydrogen-bond acceptors (Lipinski definition) is 6. The zero-order chi connectivity index (χ0) is 28.1. The molecule has 0 aromatic rings. The van der Waals surface area contributed by atoms with Crippen molar-refractivity contribution in [2.45, 2.75) is 29.6 Å². The molecule has 0 unspecified atom stereocenters. The van der Waals surface area contributed by atoms with Gasteiger partial charge in [-0.2, -0.15) is 43.9 Å². The molecule has 2 amide bonds. The second-order valence-corrected chi connectivity index (χ2v) is 8.29. The lowest BCUT2D eigenvalue weighted by molar-refractivity contribution is -0.387. The minimum atomic E-state index is -7.53. The number of halogens is 10. The molecule has 2 saturated heterocycles. The second kappa shape index (κ2) is 11.9. The van der Waals surface area contributed by atoms with E-state index in [1.54, 1.807) is 0 Å². The van der Waals surface area contributed by atoms with Gasteiger partial charge in [0.1, 0.15) is 0 Å². The Balaban J connectivity index is 2.07. The van der Waals surface area contributed by atoms with Crippen LogP contribution in [0, 0.1) is 0 Å². The lowest BCUT2D eigenvalue weighted by Crippen LogP contribution is -2.72. The van der Waals surface area contributed by atoms with Crippen molar-refractivity contribution in [2.75, 3.05) is 78.8 Å². The molecule has 0 saturated carbocycles. The van der Waals surface area contributed by atoms with Crippen LogP contribution in [-0.2, 0) is 19.1 Å². The monoisotopic (exact) mass is 564 g/mol. The smallest absolute Gasteiger partial charge is 0.379 e. The molecule has 0 atom stereocenters. The minimum absolute atomic E-state index is 0.202. The predicted molar refractivity (Wildman–Crippen MR) is 105 cm³/mol. The van der Waals surface area contributed by atoms with E-state index in [-0.39, 0.29) is 65.7 Å². The van der Waals surface area contributed by atoms with Gasteiger partial charge in [-0.1, -0.05) is 0 Å². The highest BCUT2D eigenvalue weighted by molar-refractivity contribution is 5.86. The molecule has 0 spiro atoms. The van der Waals surface area contributed by atoms with Crippen molar-refractivity contribution in [1.82, 2.24) is 20.4 Å². The first-order chi connectivity index (χ1) is 17.0. The molecule has 0 aliphatic carbocycles. The number of carbonyl (C=O) groups is 2. The van der Waals surface area contributed by atoms with E-state index in [1.165, 1.54) is 20.4 Å². The number of rotatable bonds is 12. The molecule has 2 fully saturated rings. The van der Waals surface area contributed by atoms with Crippen molar-refractivity contribution in [3.8, 4) is 0 Å². The van der Waals surface area contributed by atoms with Crippen LogP contribution >= 0.6 is 0 Å². The Kier molecular flexibility index (Phi) is 10.0. The van der Waals surface area contributed by atoms with Crippen LogP contribution in [0.3, 0.4) is 0 Å². The Hall–Kier alpha value is -1.92. The first kappa shape index (κ1) is 31.3. The van der Waals surface area contributed by atoms with Gasteiger partial charge in [-0.3, -0.25) is 19.4 Å². The van der Waals surface area contributed by atoms with Crippen LogP contribution in [0.5, 0.6) is 0 Å². The van der Waals surface area contributed by atoms with Crippen LogP contribution in [0.2, 0.25) is 0 Å². The van der Waals surface area contributed by atoms with Gasteiger partial charge in [0.2, 0.25) is 0 Å². The van der Waals surface area contributed by atoms with Gasteiger partial charge in [-0.25, -0.2) is 0 Å². The Morgan fingerprint density at radius 1 is 0.568 bits per heavy atom. The summed E-state index contributed by atoms with van der Waals surface area (Å²) in [7, 11) is 0. The van der Waals surface area contributed by atoms with E-state index in [1.807, 2.05) is 0 Å². The van der Waals surface area contributed by atoms with Gasteiger partial charge < -0.3 is 20.1 Å². The van der Waals surface area contributed by atoms with Crippen molar-refractivity contribution < 1.29 is 63.0 Å². The van der Waals surface area contributed by atoms with Gasteiger partial charge in [0.05, 0.1) is 26.4 Å². The lowest BCUT2D eigenvalue weighted by atomic mass is 9.93. The Morgan fingerprint density at radius 3 is 1.16 bits per heavy atom. The molecule has 2 aliphatic heterocycles. The average Bonchev–Trinajstić information content (AvgIpc) is 2.84. The van der Waals surface area contributed by atoms with Gasteiger partial charge >= 0.3 is 29.6 Å². The third-order valence-electron chi connectivity index (χ3n) is 5.78. The molecule has 37 heavy (non-hydrogen) atoms. The van der Waals surface area contributed by atoms with Crippen molar-refractivity contribution in [1.29, 1.82) is 0 Å². The highest BCUT2D eigenvalue weighted by Crippen LogP contribution is 2.57. The first-order valence-corrected chi connectivity index (χ1v) is 11.1. The fourth-order valence-corrected chi connectivity index (χ4v) is 3.40. The number of amides is 2. The zero-order valence-corrected chi connectivity index (χ0v) is 19.3. The molecule has 2 heterocycles. The third kappa shape index (κ3) is 6.39. The molecule has 0 bridgehead atoms. The Labute approximate surface area is 204 Å². The van der Waals surface area contributed by atoms with Gasteiger partial charge in [0, 0.05) is 52.4 Å². The van der Waals surface area contributed by atoms with Crippen LogP contribution in [0.25, 0.3) is 0 Å². The van der Waals surface area contributed by atoms with Crippen LogP contribution in [0.15, 0.2) is 0 Å². The molecule has 2 rings (SSSR count). The number of alkyl halides is 10. The molecular weight excluding hydrogens is 538 g/mol. The summed E-state index contributed by atoms with van der Waals surface area (Å²) < 4.78 is 150. The zero-order valence-electron chi connectivity index (χ0n) is 19.3. The molecule has 2 aliphatic rings. The number of ether oxygens (including phenoxy) is 2. The lowest BCUT2D eigenvalue weighted by Gasteiger charge is -2.38. The summed E-state index contributed by atoms with van der Waals surface area (Å²) in [6.45, 7) is 0.0908. The summed E-state index contributed by atoms with van der Waals surface area (Å²) in [6, 6.07) is 0. The van der Waals surface area contributed by atoms with Crippen LogP contribution in [-0.4, -0.2) is 130 Å². The number of nitrogens with one attached hydrogen (secondary N) is 2. The fraction of sp³-hybridized carbons (Fsp3) is 0.895. The largest absolute Gasteiger partial charge is 0.392 e. The first-order valence-electron chi connectivity index (χ1n) is 11.1. The van der Waals surface area contributed by atoms with E-state index in [0.29, 0.717) is 0 Å². The summed E-state index contributed by atoms with van der Waals surface area (Å²) >= 11 is 0. The Morgan fingerprint density at radius 2 is 0.865 bits per heavy atom. The van der Waals surface area contributed by atoms with E-state index in [2.05, 4.69) is 0 Å². The Bertz CT molecular complexity index is 729. The standard InChI is InChI=1S/C19H26F10N4O4/c20-15(21,13(34)30-1-3-32-5-9-36-10-6-32)17(24,25)19(28,29)18(26,27)16(22,23)14(35)31-2-4-33-7-11-37-12-8-33/h1-12H2,(H,30,34)(H,31,35). The fourth-order valence-electron chi connectivity index (χ4n) is 3.40. The summed E-state index contributed by atoms with van der Waals surface area (Å²) in [5.74, 6) is -41.4. The topological polar surface area (TPSA) is 83.1 Å². The maximum absolute atomic E-state index is 14.1. The van der Waals surface area contributed by atoms with Gasteiger partial charge in [0.25, 0.3) is 11.8 Å². The van der Waals surface area contributed by atoms with Gasteiger partial charge in [-0.05, 0) is 0 Å². The van der Waals surface area contributed by atoms with Crippen molar-refractivity contribution in [2.24, 2.45) is 0 Å². The predicted octanol–water partition coefficient (Wildman–Crippen LogP) is 1.06. The van der Waals surface area contributed by atoms with Gasteiger partial charge in [-0.15, -0.1) is 0 Å². The number of nitrogens with zero attached hydrogens (tertiary/aromatic N) is 2. The number of hydrogen-bond donors (Lipinski definition) is 2. The average molecular weight is 564 g/mol. The molecule has 8 nitrogen and oxygen atoms in total. The van der Waals surface area contributed by atoms with E-state index in [0.717, 1.165) is 0 Å². The molecule has 0 aromatic heterocycles. The van der Waals surface area contributed by atoms with Gasteiger partial charge in [0.15, 0.2) is 0 Å². The summed E-state index contributed by atoms with van der Waals surface area (Å²) in [5.41, 5.74) is 0. The minimum Gasteiger partial charge on any atom is -0.379 e. The van der Waals surface area contributed by atoms with Crippen molar-refractivity contribution in [3.63, 3.8) is 0 Å². The highest BCUT2D eigenvalue weighted by atomic mass is 19.4. The third-order valence-corrected chi connectivity index (χ3v) is 5.78. The van der Waals surface area contributed by atoms with Crippen molar-refractivity contribution in [3.05, 3.63) is 0 Å². The van der Waals surface area contributed by atoms with Crippen LogP contribution in [0.4, 0.5) is 43.9 Å². The molecule has 0 aromatic carbocycles. The summed E-state index contributed by atoms with van der Waals surface area (Å²) in [6.07, 6.45) is 0. The molecule has 0 radical (unpaired) electrons. The SMILES string of the molecule is O=C(NCCN1CCOCC1)C(F)(F)C(F)(F)C(F)(F)C(F)(F)C(F)(F)C(=O)NCCN1CCOCC1. The number of carbonyl (C=O) groups excluding carboxylic acids is 2. The van der Waals surface area contributed by atoms with Crippen LogP contribution in [0.1, 0.15) is 0 Å².